The Hall–Kier alpha value is -3.50. The molecule has 0 bridgehead atoms. The van der Waals surface area contributed by atoms with Gasteiger partial charge in [0.1, 0.15) is 11.4 Å². The van der Waals surface area contributed by atoms with Gasteiger partial charge in [-0.25, -0.2) is 9.48 Å². The molecule has 0 saturated heterocycles. The fraction of sp³-hybridized carbons (Fsp3) is 0.417. The third kappa shape index (κ3) is 5.35. The fourth-order valence-corrected chi connectivity index (χ4v) is 3.61. The number of nitrogens with two attached hydrogens (primary N) is 1. The van der Waals surface area contributed by atoms with E-state index >= 15 is 0 Å². The van der Waals surface area contributed by atoms with Gasteiger partial charge in [0.25, 0.3) is 0 Å². The molecule has 0 fully saturated rings. The lowest BCUT2D eigenvalue weighted by atomic mass is 9.93. The first-order valence-electron chi connectivity index (χ1n) is 10.9. The largest absolute Gasteiger partial charge is 0.497 e. The van der Waals surface area contributed by atoms with Crippen LogP contribution in [0.2, 0.25) is 0 Å². The number of benzene rings is 1. The van der Waals surface area contributed by atoms with Gasteiger partial charge in [-0.2, -0.15) is 0 Å². The van der Waals surface area contributed by atoms with Gasteiger partial charge in [0.05, 0.1) is 26.4 Å². The summed E-state index contributed by atoms with van der Waals surface area (Å²) in [5, 5.41) is 8.02. The Morgan fingerprint density at radius 3 is 2.50 bits per heavy atom. The number of hydrogen-bond acceptors (Lipinski definition) is 9. The molecular weight excluding hydrogens is 440 g/mol. The van der Waals surface area contributed by atoms with Crippen LogP contribution in [0.1, 0.15) is 53.7 Å². The first-order valence-corrected chi connectivity index (χ1v) is 10.9. The van der Waals surface area contributed by atoms with Gasteiger partial charge in [0.15, 0.2) is 5.79 Å². The van der Waals surface area contributed by atoms with Gasteiger partial charge in [-0.15, -0.1) is 5.10 Å². The van der Waals surface area contributed by atoms with Crippen LogP contribution in [0.3, 0.4) is 0 Å². The minimum absolute atomic E-state index is 0.0340. The van der Waals surface area contributed by atoms with Gasteiger partial charge in [0.2, 0.25) is 11.5 Å². The maximum absolute atomic E-state index is 13.8. The Morgan fingerprint density at radius 1 is 1.21 bits per heavy atom. The monoisotopic (exact) mass is 470 g/mol. The lowest BCUT2D eigenvalue weighted by Gasteiger charge is -2.33. The molecule has 1 heterocycles. The summed E-state index contributed by atoms with van der Waals surface area (Å²) >= 11 is 0. The van der Waals surface area contributed by atoms with Crippen molar-refractivity contribution in [2.75, 3.05) is 20.8 Å². The molecule has 0 amide bonds. The molecule has 1 aromatic heterocycles. The van der Waals surface area contributed by atoms with E-state index in [0.717, 1.165) is 5.56 Å². The highest BCUT2D eigenvalue weighted by molar-refractivity contribution is 6.14. The van der Waals surface area contributed by atoms with Gasteiger partial charge in [-0.3, -0.25) is 4.79 Å². The predicted octanol–water partition coefficient (Wildman–Crippen LogP) is 2.63. The molecule has 0 saturated carbocycles. The molecule has 1 atom stereocenters. The molecule has 182 valence electrons. The van der Waals surface area contributed by atoms with Gasteiger partial charge < -0.3 is 24.7 Å². The van der Waals surface area contributed by atoms with Crippen molar-refractivity contribution in [1.29, 1.82) is 0 Å². The number of rotatable bonds is 10. The quantitative estimate of drug-likeness (QED) is 0.316. The highest BCUT2D eigenvalue weighted by Crippen LogP contribution is 2.32. The molecule has 34 heavy (non-hydrogen) atoms. The van der Waals surface area contributed by atoms with Crippen molar-refractivity contribution in [3.63, 3.8) is 0 Å². The van der Waals surface area contributed by atoms with Crippen molar-refractivity contribution >= 4 is 11.8 Å². The van der Waals surface area contributed by atoms with Crippen LogP contribution in [0.4, 0.5) is 0 Å². The predicted molar refractivity (Wildman–Crippen MR) is 123 cm³/mol. The Kier molecular flexibility index (Phi) is 7.85. The normalized spacial score (nSPS) is 17.8. The Labute approximate surface area is 198 Å². The molecule has 1 aromatic carbocycles. The Balaban J connectivity index is 2.06. The second-order valence-corrected chi connectivity index (χ2v) is 7.95. The lowest BCUT2D eigenvalue weighted by molar-refractivity contribution is -0.206. The number of ketones is 1. The number of aromatic nitrogens is 3. The van der Waals surface area contributed by atoms with E-state index in [1.165, 1.54) is 11.8 Å². The number of allylic oxidation sites excluding steroid dienone is 1. The summed E-state index contributed by atoms with van der Waals surface area (Å²) in [7, 11) is 3.07. The van der Waals surface area contributed by atoms with E-state index in [-0.39, 0.29) is 41.9 Å². The Morgan fingerprint density at radius 2 is 1.91 bits per heavy atom. The highest BCUT2D eigenvalue weighted by Gasteiger charge is 2.37. The van der Waals surface area contributed by atoms with E-state index < -0.39 is 17.5 Å². The maximum atomic E-state index is 13.8. The smallest absolute Gasteiger partial charge is 0.361 e. The van der Waals surface area contributed by atoms with Crippen LogP contribution >= 0.6 is 0 Å². The summed E-state index contributed by atoms with van der Waals surface area (Å²) < 4.78 is 23.2. The zero-order chi connectivity index (χ0) is 24.9. The first kappa shape index (κ1) is 25.1. The van der Waals surface area contributed by atoms with E-state index in [9.17, 15) is 9.59 Å². The lowest BCUT2D eigenvalue weighted by Crippen LogP contribution is -2.38. The number of carbonyl (C=O) groups excluding carboxylic acids is 2. The summed E-state index contributed by atoms with van der Waals surface area (Å²) in [6, 6.07) is 7.25. The second-order valence-electron chi connectivity index (χ2n) is 7.95. The third-order valence-electron chi connectivity index (χ3n) is 5.22. The Bertz CT molecular complexity index is 1100. The minimum atomic E-state index is -1.17. The van der Waals surface area contributed by atoms with Crippen molar-refractivity contribution in [2.45, 2.75) is 45.6 Å². The summed E-state index contributed by atoms with van der Waals surface area (Å²) in [4.78, 5) is 26.4. The van der Waals surface area contributed by atoms with Crippen LogP contribution in [0.15, 0.2) is 47.7 Å². The van der Waals surface area contributed by atoms with Crippen molar-refractivity contribution in [1.82, 2.24) is 15.0 Å². The number of Topliss-reactive ketones (excluding diaryl/α,β-unsaturated/α-hetero) is 1. The molecule has 0 aliphatic heterocycles. The number of methoxy groups -OCH3 is 2. The van der Waals surface area contributed by atoms with Crippen LogP contribution in [0.5, 0.6) is 5.75 Å². The van der Waals surface area contributed by atoms with Crippen molar-refractivity contribution in [3.8, 4) is 5.75 Å². The van der Waals surface area contributed by atoms with Crippen LogP contribution in [-0.4, -0.2) is 59.5 Å². The second kappa shape index (κ2) is 10.6. The average Bonchev–Trinajstić information content (AvgIpc) is 3.24. The zero-order valence-electron chi connectivity index (χ0n) is 20.0. The number of esters is 1. The highest BCUT2D eigenvalue weighted by atomic mass is 16.7. The first-order chi connectivity index (χ1) is 16.2. The number of hydrogen-bond donors (Lipinski definition) is 1. The topological polar surface area (TPSA) is 128 Å². The van der Waals surface area contributed by atoms with Crippen LogP contribution < -0.4 is 10.5 Å². The number of nitrogens with zero attached hydrogens (tertiary/aromatic N) is 3. The molecule has 1 unspecified atom stereocenters. The summed E-state index contributed by atoms with van der Waals surface area (Å²) in [6.07, 6.45) is 3.38. The van der Waals surface area contributed by atoms with Crippen molar-refractivity contribution < 1.29 is 28.5 Å². The molecule has 1 aliphatic carbocycles. The SMILES string of the molecule is CCOC(=O)c1nnn(Cc2ccc(OC)cc2)c1C(=O)C1=CC(OC)(OC(C)C)CC=C1N. The molecule has 10 heteroatoms. The maximum Gasteiger partial charge on any atom is 0.361 e. The van der Waals surface area contributed by atoms with E-state index in [0.29, 0.717) is 12.2 Å². The van der Waals surface area contributed by atoms with Crippen molar-refractivity contribution in [2.24, 2.45) is 5.73 Å². The minimum Gasteiger partial charge on any atom is -0.497 e. The summed E-state index contributed by atoms with van der Waals surface area (Å²) in [5.74, 6) is -1.76. The average molecular weight is 471 g/mol. The van der Waals surface area contributed by atoms with Crippen LogP contribution in [0.25, 0.3) is 0 Å². The molecule has 2 N–H and O–H groups in total. The van der Waals surface area contributed by atoms with Gasteiger partial charge >= 0.3 is 5.97 Å². The molecule has 0 spiro atoms. The van der Waals surface area contributed by atoms with Gasteiger partial charge in [0, 0.05) is 24.8 Å². The molecule has 10 nitrogen and oxygen atoms in total. The van der Waals surface area contributed by atoms with E-state index in [2.05, 4.69) is 10.3 Å². The zero-order valence-corrected chi connectivity index (χ0v) is 20.0. The molecule has 1 aliphatic rings. The van der Waals surface area contributed by atoms with Crippen molar-refractivity contribution in [3.05, 3.63) is 64.6 Å². The number of ether oxygens (including phenoxy) is 4. The molecule has 2 aromatic rings. The summed E-state index contributed by atoms with van der Waals surface area (Å²) in [5.41, 5.74) is 7.18. The molecule has 0 radical (unpaired) electrons. The summed E-state index contributed by atoms with van der Waals surface area (Å²) in [6.45, 7) is 5.71. The van der Waals surface area contributed by atoms with E-state index in [1.54, 1.807) is 38.3 Å². The van der Waals surface area contributed by atoms with Gasteiger partial charge in [-0.05, 0) is 44.5 Å². The van der Waals surface area contributed by atoms with E-state index in [4.69, 9.17) is 24.7 Å². The molecular formula is C24H30N4O6. The third-order valence-corrected chi connectivity index (χ3v) is 5.22. The standard InChI is InChI=1S/C24H30N4O6/c1-6-33-23(30)20-21(28(27-26-20)14-16-7-9-17(31-4)10-8-16)22(29)18-13-24(32-5,34-15(2)3)12-11-19(18)25/h7-11,13,15H,6,12,14,25H2,1-5H3. The van der Waals surface area contributed by atoms with Crippen LogP contribution in [0, 0.1) is 0 Å². The molecule has 3 rings (SSSR count). The van der Waals surface area contributed by atoms with Crippen LogP contribution in [-0.2, 0) is 20.8 Å². The van der Waals surface area contributed by atoms with E-state index in [1.807, 2.05) is 26.0 Å². The number of carbonyl (C=O) groups is 2. The van der Waals surface area contributed by atoms with Gasteiger partial charge in [-0.1, -0.05) is 23.4 Å². The fourth-order valence-electron chi connectivity index (χ4n) is 3.61.